The van der Waals surface area contributed by atoms with Crippen LogP contribution in [0.25, 0.3) is 0 Å². The molecule has 0 rings (SSSR count). The predicted molar refractivity (Wildman–Crippen MR) is 131 cm³/mol. The van der Waals surface area contributed by atoms with Crippen LogP contribution < -0.4 is 5.32 Å². The molecule has 0 aliphatic heterocycles. The summed E-state index contributed by atoms with van der Waals surface area (Å²) in [6.07, 6.45) is 2.87. The fraction of sp³-hybridized carbons (Fsp3) is 0.944. The van der Waals surface area contributed by atoms with Gasteiger partial charge in [0.05, 0.1) is 41.0 Å². The Balaban J connectivity index is -0.000000153. The van der Waals surface area contributed by atoms with E-state index in [4.69, 9.17) is 5.26 Å². The van der Waals surface area contributed by atoms with Gasteiger partial charge in [-0.3, -0.25) is 0 Å². The first kappa shape index (κ1) is 43.4. The third-order valence-electron chi connectivity index (χ3n) is 4.15. The van der Waals surface area contributed by atoms with Crippen molar-refractivity contribution in [2.24, 2.45) is 0 Å². The molecule has 0 atom stereocenters. The normalized spacial score (nSPS) is 11.3. The molecule has 0 spiro atoms. The van der Waals surface area contributed by atoms with Crippen molar-refractivity contribution >= 4 is 30.4 Å². The molecule has 1 radical (unpaired) electrons. The summed E-state index contributed by atoms with van der Waals surface area (Å²) in [4.78, 5) is 0. The first-order valence-corrected chi connectivity index (χ1v) is 14.4. The second-order valence-electron chi connectivity index (χ2n) is 8.23. The van der Waals surface area contributed by atoms with Gasteiger partial charge in [0, 0.05) is 35.9 Å². The Labute approximate surface area is 208 Å². The van der Waals surface area contributed by atoms with Crippen LogP contribution in [0.3, 0.4) is 0 Å². The number of nitriles is 1. The molecule has 0 aromatic rings. The Morgan fingerprint density at radius 3 is 0.909 bits per heavy atom. The second kappa shape index (κ2) is 24.1. The summed E-state index contributed by atoms with van der Waals surface area (Å²) in [5.74, 6) is 0. The molecule has 0 bridgehead atoms. The number of nitrogens with one attached hydrogen (secondary N) is 1. The number of rotatable bonds is 10. The van der Waals surface area contributed by atoms with Crippen molar-refractivity contribution in [3.05, 3.63) is 0 Å². The van der Waals surface area contributed by atoms with E-state index in [2.05, 4.69) is 60.7 Å². The van der Waals surface area contributed by atoms with E-state index in [1.807, 2.05) is 0 Å². The molecule has 1 N–H and O–H groups in total. The molecule has 0 amide bonds. The topological polar surface area (TPSA) is 35.8 Å². The Morgan fingerprint density at radius 2 is 0.788 bits per heavy atom. The minimum Gasteiger partial charge on any atom is -0.418 e. The average Bonchev–Trinajstić information content (AvgIpc) is 2.49. The van der Waals surface area contributed by atoms with Gasteiger partial charge in [-0.2, -0.15) is 5.26 Å². The molecule has 0 saturated heterocycles. The van der Waals surface area contributed by atoms with Crippen LogP contribution in [0.1, 0.15) is 62.3 Å². The number of hydrogen-bond donors (Lipinski definition) is 1. The molecule has 0 aliphatic rings. The van der Waals surface area contributed by atoms with Gasteiger partial charge in [0.25, 0.3) is 0 Å². The molecule has 2 nitrogen and oxygen atoms in total. The minimum absolute atomic E-state index is 0. The molecule has 0 heterocycles. The van der Waals surface area contributed by atoms with Crippen LogP contribution in [-0.2, 0) is 16.5 Å². The van der Waals surface area contributed by atoms with E-state index >= 15 is 0 Å². The van der Waals surface area contributed by atoms with Crippen LogP contribution >= 0.6 is 15.8 Å². The van der Waals surface area contributed by atoms with Crippen molar-refractivity contribution in [2.75, 3.05) is 25.4 Å². The molecular weight excluding hydrogens is 538 g/mol. The van der Waals surface area contributed by atoms with Gasteiger partial charge in [0.1, 0.15) is 0 Å². The van der Waals surface area contributed by atoms with Crippen molar-refractivity contribution in [3.63, 3.8) is 0 Å². The van der Waals surface area contributed by atoms with E-state index in [1.54, 1.807) is 6.07 Å². The Morgan fingerprint density at radius 1 is 0.636 bits per heavy atom. The van der Waals surface area contributed by atoms with Crippen LogP contribution in [0.5, 0.6) is 0 Å². The molecular formula is C18H42B2F8N2NiP2+3. The Kier molecular flexibility index (Phi) is 31.7. The first-order chi connectivity index (χ1) is 14.2. The molecule has 0 fully saturated rings. The average molecular weight is 581 g/mol. The maximum Gasteiger partial charge on any atom is 3.00 e. The first-order valence-electron chi connectivity index (χ1n) is 10.7. The SMILES string of the molecule is CC#N.CC(C)[PH+](CCNCC[PH+](C(C)C)C(C)C)C(C)C.F[B-](F)(F)F.F[B-](F)(F)F.[Ni+3]. The maximum absolute atomic E-state index is 9.75. The van der Waals surface area contributed by atoms with Gasteiger partial charge in [-0.1, -0.05) is 0 Å². The minimum atomic E-state index is -6.00. The van der Waals surface area contributed by atoms with E-state index < -0.39 is 14.5 Å². The third kappa shape index (κ3) is 50.3. The summed E-state index contributed by atoms with van der Waals surface area (Å²) < 4.78 is 78.0. The zero-order chi connectivity index (χ0) is 26.7. The zero-order valence-electron chi connectivity index (χ0n) is 21.1. The van der Waals surface area contributed by atoms with Gasteiger partial charge in [0.2, 0.25) is 0 Å². The van der Waals surface area contributed by atoms with E-state index in [0.717, 1.165) is 22.6 Å². The standard InChI is InChI=1S/C16H37NP2.C2H3N.2BF4.Ni/c1-13(2)18(14(3)4)11-9-17-10-12-19(15(5)6)16(7)8;1-2-3;2*2-1(3,4)5;/h13-17H,9-12H2,1-8H3;1H3;;;/q;;2*-1;+3/p+2. The van der Waals surface area contributed by atoms with Gasteiger partial charge >= 0.3 is 31.0 Å². The van der Waals surface area contributed by atoms with Crippen LogP contribution in [0.2, 0.25) is 0 Å². The third-order valence-corrected chi connectivity index (χ3v) is 11.7. The summed E-state index contributed by atoms with van der Waals surface area (Å²) in [6, 6.07) is 1.75. The van der Waals surface area contributed by atoms with E-state index in [0.29, 0.717) is 0 Å². The Hall–Kier alpha value is 0.373. The van der Waals surface area contributed by atoms with Gasteiger partial charge < -0.3 is 39.8 Å². The molecule has 15 heteroatoms. The van der Waals surface area contributed by atoms with E-state index in [9.17, 15) is 34.5 Å². The largest absolute Gasteiger partial charge is 3.00 e. The van der Waals surface area contributed by atoms with Crippen LogP contribution in [0.4, 0.5) is 34.5 Å². The molecule has 0 aromatic heterocycles. The van der Waals surface area contributed by atoms with Crippen molar-refractivity contribution < 1.29 is 51.0 Å². The van der Waals surface area contributed by atoms with E-state index in [-0.39, 0.29) is 32.3 Å². The smallest absolute Gasteiger partial charge is 0.418 e. The predicted octanol–water partition coefficient (Wildman–Crippen LogP) is 7.77. The van der Waals surface area contributed by atoms with Gasteiger partial charge in [-0.15, -0.1) is 0 Å². The maximum atomic E-state index is 9.75. The summed E-state index contributed by atoms with van der Waals surface area (Å²) in [7, 11) is -12.3. The van der Waals surface area contributed by atoms with Crippen LogP contribution in [0, 0.1) is 11.3 Å². The second-order valence-corrected chi connectivity index (χ2v) is 16.2. The van der Waals surface area contributed by atoms with Crippen molar-refractivity contribution in [3.8, 4) is 6.07 Å². The molecule has 33 heavy (non-hydrogen) atoms. The number of halogens is 8. The van der Waals surface area contributed by atoms with Crippen molar-refractivity contribution in [1.29, 1.82) is 5.26 Å². The van der Waals surface area contributed by atoms with E-state index in [1.165, 1.54) is 32.3 Å². The van der Waals surface area contributed by atoms with Crippen molar-refractivity contribution in [1.82, 2.24) is 5.32 Å². The van der Waals surface area contributed by atoms with Crippen molar-refractivity contribution in [2.45, 2.75) is 84.9 Å². The van der Waals surface area contributed by atoms with Crippen LogP contribution in [0.15, 0.2) is 0 Å². The quantitative estimate of drug-likeness (QED) is 0.124. The molecule has 0 aromatic carbocycles. The molecule has 203 valence electrons. The summed E-state index contributed by atoms with van der Waals surface area (Å²) in [5, 5.41) is 11.0. The van der Waals surface area contributed by atoms with Gasteiger partial charge in [-0.25, -0.2) is 0 Å². The zero-order valence-corrected chi connectivity index (χ0v) is 24.1. The van der Waals surface area contributed by atoms with Gasteiger partial charge in [-0.05, 0) is 55.4 Å². The van der Waals surface area contributed by atoms with Crippen LogP contribution in [-0.4, -0.2) is 62.6 Å². The molecule has 0 unspecified atom stereocenters. The fourth-order valence-corrected chi connectivity index (χ4v) is 8.99. The fourth-order valence-electron chi connectivity index (χ4n) is 3.08. The molecule has 0 aliphatic carbocycles. The number of hydrogen-bond acceptors (Lipinski definition) is 2. The summed E-state index contributed by atoms with van der Waals surface area (Å²) in [6.45, 7) is 23.2. The summed E-state index contributed by atoms with van der Waals surface area (Å²) in [5.41, 5.74) is 3.66. The molecule has 0 saturated carbocycles. The monoisotopic (exact) mass is 580 g/mol. The number of nitrogens with zero attached hydrogens (tertiary/aromatic N) is 1. The summed E-state index contributed by atoms with van der Waals surface area (Å²) >= 11 is 0. The Bertz CT molecular complexity index is 402. The van der Waals surface area contributed by atoms with Gasteiger partial charge in [0.15, 0.2) is 0 Å².